The smallest absolute Gasteiger partial charge is 0.166 e. The molecule has 142 heavy (non-hydrogen) atoms. The zero-order chi connectivity index (χ0) is 102. The highest BCUT2D eigenvalue weighted by Crippen LogP contribution is 2.51. The van der Waals surface area contributed by atoms with Gasteiger partial charge in [0, 0.05) is 23.8 Å². The molecule has 0 heterocycles. The summed E-state index contributed by atoms with van der Waals surface area (Å²) in [5, 5.41) is 1.43. The van der Waals surface area contributed by atoms with Crippen LogP contribution in [0, 0.1) is 190 Å². The van der Waals surface area contributed by atoms with E-state index >= 15 is 0 Å². The minimum absolute atomic E-state index is 0. The van der Waals surface area contributed by atoms with Crippen molar-refractivity contribution in [3.05, 3.63) is 294 Å². The quantitative estimate of drug-likeness (QED) is 0.0845. The minimum atomic E-state index is -0.693. The van der Waals surface area contributed by atoms with Crippen molar-refractivity contribution in [1.82, 2.24) is 0 Å². The maximum absolute atomic E-state index is 14.4. The van der Waals surface area contributed by atoms with Crippen molar-refractivity contribution in [2.75, 3.05) is 0 Å². The molecule has 0 spiro atoms. The van der Waals surface area contributed by atoms with Crippen LogP contribution in [0.1, 0.15) is 409 Å². The lowest BCUT2D eigenvalue weighted by Gasteiger charge is -2.34. The molecule has 0 amide bonds. The lowest BCUT2D eigenvalue weighted by atomic mass is 9.71. The molecule has 0 N–H and O–H groups in total. The maximum atomic E-state index is 14.4. The number of rotatable bonds is 12. The Labute approximate surface area is 881 Å². The summed E-state index contributed by atoms with van der Waals surface area (Å²) in [7, 11) is 0. The summed E-state index contributed by atoms with van der Waals surface area (Å²) in [5.74, 6) is 8.94. The van der Waals surface area contributed by atoms with Gasteiger partial charge >= 0.3 is 0 Å². The van der Waals surface area contributed by atoms with Crippen LogP contribution >= 0.6 is 58.0 Å². The molecule has 12 aliphatic carbocycles. The molecule has 7 aromatic carbocycles. The van der Waals surface area contributed by atoms with Crippen LogP contribution in [-0.2, 0) is 0 Å². The van der Waals surface area contributed by atoms with Gasteiger partial charge in [0.15, 0.2) is 23.3 Å². The molecule has 782 valence electrons. The number of hydrogen-bond donors (Lipinski definition) is 0. The van der Waals surface area contributed by atoms with Crippen LogP contribution in [-0.4, -0.2) is 0 Å². The van der Waals surface area contributed by atoms with Gasteiger partial charge in [-0.2, -0.15) is 0 Å². The van der Waals surface area contributed by atoms with Gasteiger partial charge in [-0.1, -0.05) is 284 Å². The molecule has 5 saturated carbocycles. The van der Waals surface area contributed by atoms with E-state index in [-0.39, 0.29) is 57.2 Å². The molecule has 19 rings (SSSR count). The van der Waals surface area contributed by atoms with E-state index in [0.29, 0.717) is 72.3 Å². The van der Waals surface area contributed by atoms with Crippen LogP contribution in [0.25, 0.3) is 27.9 Å². The fraction of sp³-hybridized carbons (Fsp3) is 0.562. The highest BCUT2D eigenvalue weighted by Gasteiger charge is 2.36. The molecule has 12 aliphatic rings. The second-order valence-electron chi connectivity index (χ2n) is 46.0. The number of benzene rings is 7. The molecule has 5 fully saturated rings. The van der Waals surface area contributed by atoms with Crippen LogP contribution in [0.3, 0.4) is 0 Å². The standard InChI is InChI=1S/3C20H26ClF.2C20H26F2.2C14H16ClF.5H2/c1-13-3-6-15(7-4-13)16-8-10-17(11-9-16)18-12-5-14(2)20(22)19(18)21;4*1-13-3-6-15(7-4-13)16-8-10-17(11-9-16)18-12-5-14(2)19(21)20(18)22;1-9-3-6-11(7-4-9)12-8-5-10(2)14(16)13(12)15;1-9-3-6-11(7-4-9)12-8-5-10(2)13(15)14(12)16;;;;;/h2*5,10,12-13,15-16H,3-4,6-9,11H2,1-2H3;5-6,12-13,16-17H,3-4,7-11H2,1-2H3;5,10,12-13,15-16H,3-4,6-9,11H2,1-2H3;5-6,12-13,16-17H,3-4,7-11H2,1-2H3;2*5-6,8-9H,3-4,7H2,1-2H3;5*1H. The number of halogens is 14. The minimum Gasteiger partial charge on any atom is -0.205 e. The monoisotopic (exact) mass is 2060 g/mol. The molecule has 0 nitrogen and oxygen atoms in total. The summed E-state index contributed by atoms with van der Waals surface area (Å²) in [4.78, 5) is 0. The van der Waals surface area contributed by atoms with E-state index in [9.17, 15) is 39.5 Å². The van der Waals surface area contributed by atoms with Crippen molar-refractivity contribution in [3.63, 3.8) is 0 Å². The van der Waals surface area contributed by atoms with Gasteiger partial charge < -0.3 is 0 Å². The average molecular weight is 2060 g/mol. The highest BCUT2D eigenvalue weighted by molar-refractivity contribution is 6.33. The summed E-state index contributed by atoms with van der Waals surface area (Å²) in [6.07, 6.45) is 65.2. The normalized spacial score (nSPS) is 27.4. The second-order valence-corrected chi connectivity index (χ2v) is 47.9. The summed E-state index contributed by atoms with van der Waals surface area (Å²) >= 11 is 30.3. The Morgan fingerprint density at radius 2 is 0.437 bits per heavy atom. The molecule has 0 aliphatic heterocycles. The predicted octanol–water partition coefficient (Wildman–Crippen LogP) is 44.2. The van der Waals surface area contributed by atoms with Gasteiger partial charge in [-0.25, -0.2) is 39.5 Å². The van der Waals surface area contributed by atoms with Crippen LogP contribution in [0.15, 0.2) is 139 Å². The van der Waals surface area contributed by atoms with Crippen LogP contribution < -0.4 is 0 Å². The molecule has 0 radical (unpaired) electrons. The van der Waals surface area contributed by atoms with Gasteiger partial charge in [-0.05, 0) is 463 Å². The van der Waals surface area contributed by atoms with Crippen molar-refractivity contribution in [2.45, 2.75) is 372 Å². The maximum Gasteiger partial charge on any atom is 0.166 e. The molecule has 0 saturated heterocycles. The van der Waals surface area contributed by atoms with Gasteiger partial charge in [0.2, 0.25) is 0 Å². The third-order valence-electron chi connectivity index (χ3n) is 35.4. The van der Waals surface area contributed by atoms with Crippen LogP contribution in [0.5, 0.6) is 0 Å². The summed E-state index contributed by atoms with van der Waals surface area (Å²) < 4.78 is 126. The topological polar surface area (TPSA) is 0 Å². The van der Waals surface area contributed by atoms with Crippen molar-refractivity contribution >= 4 is 85.9 Å². The first-order chi connectivity index (χ1) is 68.0. The van der Waals surface area contributed by atoms with E-state index in [1.165, 1.54) is 152 Å². The third kappa shape index (κ3) is 29.8. The summed E-state index contributed by atoms with van der Waals surface area (Å²) in [5.41, 5.74) is 18.5. The predicted molar refractivity (Wildman–Crippen MR) is 596 cm³/mol. The van der Waals surface area contributed by atoms with Gasteiger partial charge in [0.25, 0.3) is 0 Å². The van der Waals surface area contributed by atoms with E-state index in [1.54, 1.807) is 69.2 Å². The van der Waals surface area contributed by atoms with E-state index in [4.69, 9.17) is 58.0 Å². The van der Waals surface area contributed by atoms with Crippen LogP contribution in [0.4, 0.5) is 39.5 Å². The first-order valence-electron chi connectivity index (χ1n) is 55.0. The van der Waals surface area contributed by atoms with Crippen LogP contribution in [0.2, 0.25) is 25.1 Å². The first kappa shape index (κ1) is 113. The fourth-order valence-electron chi connectivity index (χ4n) is 25.0. The Kier molecular flexibility index (Phi) is 42.6. The molecule has 0 bridgehead atoms. The zero-order valence-electron chi connectivity index (χ0n) is 87.7. The largest absolute Gasteiger partial charge is 0.205 e. The molecule has 7 atom stereocenters. The SMILES string of the molecule is Cc1ccc(C2=CCC(C)CC2)c(Cl)c1F.Cc1ccc(C2=CCC(C)CC2)c(F)c1Cl.Cc1ccc(C2=CCC(C3CCC(C)CC3)CC2)c(Cl)c1F.Cc1ccc(C2=CCC(C3CCC(C)CC3)CC2)c(F)c1Cl.Cc1ccc(C2=CCC(C3CCC(C)CC3)CC2)c(F)c1F.Cc1ccc(C2CCC(C3=CCC(C)CC3)CC2)c(F)c1Cl.Cc1ccc(C2CCC(C3=CCC(C)CC3)CC2)c(F)c1F.[HH].[HH].[HH].[HH].[HH]. The molecule has 0 aromatic heterocycles. The van der Waals surface area contributed by atoms with Gasteiger partial charge in [-0.3, -0.25) is 0 Å². The summed E-state index contributed by atoms with van der Waals surface area (Å²) in [6.45, 7) is 28.5. The van der Waals surface area contributed by atoms with E-state index in [0.717, 1.165) is 249 Å². The van der Waals surface area contributed by atoms with Crippen molar-refractivity contribution in [2.24, 2.45) is 88.8 Å². The highest BCUT2D eigenvalue weighted by atomic mass is 35.5. The van der Waals surface area contributed by atoms with Crippen molar-refractivity contribution < 1.29 is 46.6 Å². The van der Waals surface area contributed by atoms with E-state index in [2.05, 4.69) is 91.0 Å². The lowest BCUT2D eigenvalue weighted by Crippen LogP contribution is -2.22. The number of hydrogen-bond acceptors (Lipinski definition) is 0. The Morgan fingerprint density at radius 1 is 0.190 bits per heavy atom. The van der Waals surface area contributed by atoms with Crippen molar-refractivity contribution in [3.8, 4) is 0 Å². The molecule has 7 unspecified atom stereocenters. The van der Waals surface area contributed by atoms with E-state index in [1.807, 2.05) is 75.4 Å². The van der Waals surface area contributed by atoms with E-state index < -0.39 is 23.3 Å². The lowest BCUT2D eigenvalue weighted by molar-refractivity contribution is 0.202. The zero-order valence-corrected chi connectivity index (χ0v) is 91.5. The number of aryl methyl sites for hydroxylation is 7. The van der Waals surface area contributed by atoms with Gasteiger partial charge in [-0.15, -0.1) is 0 Å². The number of allylic oxidation sites excluding steroid dienone is 14. The van der Waals surface area contributed by atoms with Gasteiger partial charge in [0.05, 0.1) is 25.1 Å². The fourth-order valence-corrected chi connectivity index (χ4v) is 26.1. The Morgan fingerprint density at radius 3 is 0.746 bits per heavy atom. The Hall–Kier alpha value is -6.46. The van der Waals surface area contributed by atoms with Crippen molar-refractivity contribution in [1.29, 1.82) is 0 Å². The molecule has 7 aromatic rings. The molecule has 14 heteroatoms. The molecular formula is C128H172Cl5F9. The Balaban J connectivity index is 0.000000209. The first-order valence-corrected chi connectivity index (χ1v) is 56.8. The van der Waals surface area contributed by atoms with Gasteiger partial charge in [0.1, 0.15) is 29.1 Å². The molecular weight excluding hydrogens is 1890 g/mol. The second kappa shape index (κ2) is 53.6. The summed E-state index contributed by atoms with van der Waals surface area (Å²) in [6, 6.07) is 25.9. The third-order valence-corrected chi connectivity index (χ3v) is 37.5. The average Bonchev–Trinajstić information content (AvgIpc) is 0.791. The Bertz CT molecular complexity index is 5220.